The highest BCUT2D eigenvalue weighted by molar-refractivity contribution is 5.97. The third-order valence-corrected chi connectivity index (χ3v) is 7.87. The molecule has 0 aromatic heterocycles. The summed E-state index contributed by atoms with van der Waals surface area (Å²) < 4.78 is 12.2. The summed E-state index contributed by atoms with van der Waals surface area (Å²) in [5.74, 6) is 1.66. The van der Waals surface area contributed by atoms with Crippen molar-refractivity contribution in [3.8, 4) is 11.5 Å². The van der Waals surface area contributed by atoms with Gasteiger partial charge in [-0.2, -0.15) is 0 Å². The summed E-state index contributed by atoms with van der Waals surface area (Å²) in [5, 5.41) is 0. The molecule has 6 heteroatoms. The SMILES string of the molecule is CCOc1ccc(CC(=O)N2CCCCCCCN(CC)C(=O)c3ccccc3O[C@H]3CCCC[C@H]32)cc1. The maximum absolute atomic E-state index is 13.8. The minimum atomic E-state index is -0.123. The van der Waals surface area contributed by atoms with Gasteiger partial charge in [0.2, 0.25) is 5.91 Å². The first-order valence-corrected chi connectivity index (χ1v) is 14.7. The van der Waals surface area contributed by atoms with Gasteiger partial charge in [-0.05, 0) is 75.8 Å². The van der Waals surface area contributed by atoms with E-state index in [1.807, 2.05) is 67.3 Å². The lowest BCUT2D eigenvalue weighted by atomic mass is 9.90. The molecular weight excluding hydrogens is 476 g/mol. The summed E-state index contributed by atoms with van der Waals surface area (Å²) in [4.78, 5) is 31.3. The largest absolute Gasteiger partial charge is 0.494 e. The van der Waals surface area contributed by atoms with Crippen molar-refractivity contribution in [2.45, 2.75) is 90.2 Å². The first-order chi connectivity index (χ1) is 18.6. The molecule has 6 nitrogen and oxygen atoms in total. The molecule has 0 radical (unpaired) electrons. The fraction of sp³-hybridized carbons (Fsp3) is 0.562. The predicted molar refractivity (Wildman–Crippen MR) is 151 cm³/mol. The van der Waals surface area contributed by atoms with E-state index >= 15 is 0 Å². The summed E-state index contributed by atoms with van der Waals surface area (Å²) in [6.45, 7) is 6.84. The molecule has 0 bridgehead atoms. The maximum Gasteiger partial charge on any atom is 0.257 e. The summed E-state index contributed by atoms with van der Waals surface area (Å²) in [6, 6.07) is 15.5. The van der Waals surface area contributed by atoms with Crippen LogP contribution in [-0.4, -0.2) is 60.0 Å². The lowest BCUT2D eigenvalue weighted by Crippen LogP contribution is -2.51. The Bertz CT molecular complexity index is 1040. The molecule has 1 heterocycles. The number of fused-ring (bicyclic) bond motifs is 2. The maximum atomic E-state index is 13.8. The second-order valence-corrected chi connectivity index (χ2v) is 10.5. The normalized spacial score (nSPS) is 21.4. The Morgan fingerprint density at radius 2 is 1.61 bits per heavy atom. The lowest BCUT2D eigenvalue weighted by Gasteiger charge is -2.40. The van der Waals surface area contributed by atoms with Gasteiger partial charge in [-0.15, -0.1) is 0 Å². The van der Waals surface area contributed by atoms with Crippen LogP contribution in [0.1, 0.15) is 87.6 Å². The van der Waals surface area contributed by atoms with Crippen molar-refractivity contribution in [1.29, 1.82) is 0 Å². The number of hydrogen-bond donors (Lipinski definition) is 0. The molecule has 1 aliphatic heterocycles. The van der Waals surface area contributed by atoms with Gasteiger partial charge in [0.1, 0.15) is 17.6 Å². The van der Waals surface area contributed by atoms with E-state index in [0.29, 0.717) is 30.9 Å². The zero-order chi connectivity index (χ0) is 26.7. The van der Waals surface area contributed by atoms with Gasteiger partial charge in [-0.3, -0.25) is 9.59 Å². The zero-order valence-electron chi connectivity index (χ0n) is 23.2. The monoisotopic (exact) mass is 520 g/mol. The van der Waals surface area contributed by atoms with E-state index in [1.165, 1.54) is 0 Å². The van der Waals surface area contributed by atoms with Crippen molar-refractivity contribution < 1.29 is 19.1 Å². The molecule has 2 atom stereocenters. The highest BCUT2D eigenvalue weighted by Crippen LogP contribution is 2.31. The number of nitrogens with zero attached hydrogens (tertiary/aromatic N) is 2. The van der Waals surface area contributed by atoms with Crippen LogP contribution in [0, 0.1) is 0 Å². The van der Waals surface area contributed by atoms with Gasteiger partial charge in [0.25, 0.3) is 5.91 Å². The van der Waals surface area contributed by atoms with Crippen LogP contribution < -0.4 is 9.47 Å². The Morgan fingerprint density at radius 3 is 2.37 bits per heavy atom. The summed E-state index contributed by atoms with van der Waals surface area (Å²) >= 11 is 0. The molecule has 2 amide bonds. The second kappa shape index (κ2) is 14.2. The van der Waals surface area contributed by atoms with Gasteiger partial charge in [0, 0.05) is 19.6 Å². The summed E-state index contributed by atoms with van der Waals surface area (Å²) in [7, 11) is 0. The van der Waals surface area contributed by atoms with E-state index in [9.17, 15) is 9.59 Å². The van der Waals surface area contributed by atoms with Crippen LogP contribution in [0.25, 0.3) is 0 Å². The van der Waals surface area contributed by atoms with E-state index < -0.39 is 0 Å². The fourth-order valence-corrected chi connectivity index (χ4v) is 5.79. The number of carbonyl (C=O) groups is 2. The molecule has 0 unspecified atom stereocenters. The van der Waals surface area contributed by atoms with Crippen molar-refractivity contribution in [3.05, 3.63) is 59.7 Å². The lowest BCUT2D eigenvalue weighted by molar-refractivity contribution is -0.136. The molecule has 1 fully saturated rings. The highest BCUT2D eigenvalue weighted by Gasteiger charge is 2.35. The number of hydrogen-bond acceptors (Lipinski definition) is 4. The zero-order valence-corrected chi connectivity index (χ0v) is 23.2. The van der Waals surface area contributed by atoms with Crippen LogP contribution in [0.15, 0.2) is 48.5 Å². The Morgan fingerprint density at radius 1 is 0.895 bits per heavy atom. The molecule has 0 saturated heterocycles. The van der Waals surface area contributed by atoms with Crippen molar-refractivity contribution in [3.63, 3.8) is 0 Å². The average molecular weight is 521 g/mol. The van der Waals surface area contributed by atoms with E-state index in [-0.39, 0.29) is 24.0 Å². The van der Waals surface area contributed by atoms with Gasteiger partial charge in [-0.25, -0.2) is 0 Å². The molecule has 0 spiro atoms. The summed E-state index contributed by atoms with van der Waals surface area (Å²) in [6.07, 6.45) is 9.50. The van der Waals surface area contributed by atoms with Gasteiger partial charge in [0.15, 0.2) is 0 Å². The molecule has 38 heavy (non-hydrogen) atoms. The number of ether oxygens (including phenoxy) is 2. The standard InChI is InChI=1S/C32H44N2O4/c1-3-33-22-12-6-5-7-13-23-34(31(35)24-25-18-20-26(21-19-25)37-4-2)28-15-9-11-17-30(28)38-29-16-10-8-14-27(29)32(33)36/h8,10,14,16,18-21,28,30H,3-7,9,11-13,15,17,22-24H2,1-2H3/t28-,30+/m1/s1. The smallest absolute Gasteiger partial charge is 0.257 e. The molecule has 2 aliphatic rings. The van der Waals surface area contributed by atoms with E-state index in [1.54, 1.807) is 0 Å². The molecule has 2 aromatic rings. The number of benzene rings is 2. The molecule has 1 saturated carbocycles. The Balaban J connectivity index is 1.59. The average Bonchev–Trinajstić information content (AvgIpc) is 2.94. The van der Waals surface area contributed by atoms with Crippen LogP contribution in [0.2, 0.25) is 0 Å². The van der Waals surface area contributed by atoms with E-state index in [0.717, 1.165) is 82.2 Å². The van der Waals surface area contributed by atoms with Crippen LogP contribution in [0.5, 0.6) is 11.5 Å². The Labute approximate surface area is 228 Å². The third kappa shape index (κ3) is 7.30. The van der Waals surface area contributed by atoms with Gasteiger partial charge in [-0.1, -0.05) is 49.9 Å². The van der Waals surface area contributed by atoms with E-state index in [2.05, 4.69) is 4.90 Å². The number of para-hydroxylation sites is 1. The van der Waals surface area contributed by atoms with Gasteiger partial charge in [0.05, 0.1) is 24.6 Å². The van der Waals surface area contributed by atoms with Crippen LogP contribution in [0.4, 0.5) is 0 Å². The summed E-state index contributed by atoms with van der Waals surface area (Å²) in [5.41, 5.74) is 1.62. The second-order valence-electron chi connectivity index (χ2n) is 10.5. The van der Waals surface area contributed by atoms with Crippen LogP contribution >= 0.6 is 0 Å². The first-order valence-electron chi connectivity index (χ1n) is 14.7. The number of amides is 2. The topological polar surface area (TPSA) is 59.1 Å². The molecule has 1 aliphatic carbocycles. The van der Waals surface area contributed by atoms with E-state index in [4.69, 9.17) is 9.47 Å². The van der Waals surface area contributed by atoms with Crippen molar-refractivity contribution in [2.75, 3.05) is 26.2 Å². The van der Waals surface area contributed by atoms with Gasteiger partial charge < -0.3 is 19.3 Å². The van der Waals surface area contributed by atoms with Crippen LogP contribution in [0.3, 0.4) is 0 Å². The highest BCUT2D eigenvalue weighted by atomic mass is 16.5. The molecule has 2 aromatic carbocycles. The molecular formula is C32H44N2O4. The van der Waals surface area contributed by atoms with Crippen LogP contribution in [-0.2, 0) is 11.2 Å². The first kappa shape index (κ1) is 28.0. The Kier molecular flexibility index (Phi) is 10.5. The minimum Gasteiger partial charge on any atom is -0.494 e. The quantitative estimate of drug-likeness (QED) is 0.466. The van der Waals surface area contributed by atoms with Crippen molar-refractivity contribution in [1.82, 2.24) is 9.80 Å². The predicted octanol–water partition coefficient (Wildman–Crippen LogP) is 6.27. The molecule has 206 valence electrons. The number of carbonyl (C=O) groups excluding carboxylic acids is 2. The Hall–Kier alpha value is -3.02. The van der Waals surface area contributed by atoms with Crippen molar-refractivity contribution in [2.24, 2.45) is 0 Å². The fourth-order valence-electron chi connectivity index (χ4n) is 5.79. The van der Waals surface area contributed by atoms with Gasteiger partial charge >= 0.3 is 0 Å². The molecule has 0 N–H and O–H groups in total. The van der Waals surface area contributed by atoms with Crippen molar-refractivity contribution >= 4 is 11.8 Å². The minimum absolute atomic E-state index is 0.00881. The third-order valence-electron chi connectivity index (χ3n) is 7.87. The number of rotatable bonds is 5. The molecule has 4 rings (SSSR count).